The van der Waals surface area contributed by atoms with Gasteiger partial charge in [-0.1, -0.05) is 23.7 Å². The van der Waals surface area contributed by atoms with Crippen molar-refractivity contribution in [2.24, 2.45) is 0 Å². The van der Waals surface area contributed by atoms with Crippen LogP contribution in [0.1, 0.15) is 5.56 Å². The summed E-state index contributed by atoms with van der Waals surface area (Å²) in [5, 5.41) is 12.1. The fourth-order valence-corrected chi connectivity index (χ4v) is 1.59. The fourth-order valence-electron chi connectivity index (χ4n) is 1.44. The molecule has 0 aliphatic heterocycles. The molecule has 0 unspecified atom stereocenters. The van der Waals surface area contributed by atoms with E-state index in [1.165, 1.54) is 18.5 Å². The second-order valence-corrected chi connectivity index (χ2v) is 4.01. The van der Waals surface area contributed by atoms with Crippen molar-refractivity contribution in [2.75, 3.05) is 5.32 Å². The van der Waals surface area contributed by atoms with Crippen LogP contribution in [-0.2, 0) is 11.2 Å². The molecule has 5 nitrogen and oxygen atoms in total. The van der Waals surface area contributed by atoms with Crippen LogP contribution in [-0.4, -0.2) is 21.0 Å². The van der Waals surface area contributed by atoms with Gasteiger partial charge >= 0.3 is 0 Å². The van der Waals surface area contributed by atoms with Crippen molar-refractivity contribution in [1.82, 2.24) is 9.97 Å². The van der Waals surface area contributed by atoms with Crippen LogP contribution in [0.25, 0.3) is 0 Å². The lowest BCUT2D eigenvalue weighted by molar-refractivity contribution is -0.115. The predicted molar refractivity (Wildman–Crippen MR) is 67.5 cm³/mol. The summed E-state index contributed by atoms with van der Waals surface area (Å²) in [6.07, 6.45) is 1.42. The summed E-state index contributed by atoms with van der Waals surface area (Å²) in [6, 6.07) is 7.98. The van der Waals surface area contributed by atoms with Gasteiger partial charge in [0.25, 0.3) is 0 Å². The van der Waals surface area contributed by atoms with Gasteiger partial charge in [0.05, 0.1) is 6.42 Å². The second-order valence-electron chi connectivity index (χ2n) is 3.62. The minimum Gasteiger partial charge on any atom is -0.508 e. The van der Waals surface area contributed by atoms with Crippen LogP contribution >= 0.6 is 11.6 Å². The van der Waals surface area contributed by atoms with Crippen molar-refractivity contribution in [2.45, 2.75) is 6.42 Å². The molecule has 92 valence electrons. The van der Waals surface area contributed by atoms with E-state index in [1.54, 1.807) is 18.2 Å². The van der Waals surface area contributed by atoms with Crippen molar-refractivity contribution in [1.29, 1.82) is 0 Å². The third-order valence-electron chi connectivity index (χ3n) is 2.18. The Hall–Kier alpha value is -2.14. The molecule has 6 heteroatoms. The Balaban J connectivity index is 2.01. The highest BCUT2D eigenvalue weighted by atomic mass is 35.5. The van der Waals surface area contributed by atoms with Crippen LogP contribution in [0.15, 0.2) is 36.7 Å². The molecule has 1 heterocycles. The Morgan fingerprint density at radius 1 is 1.33 bits per heavy atom. The summed E-state index contributed by atoms with van der Waals surface area (Å²) in [5.74, 6) is 0.237. The minimum atomic E-state index is -0.240. The normalized spacial score (nSPS) is 10.1. The highest BCUT2D eigenvalue weighted by Gasteiger charge is 2.06. The maximum absolute atomic E-state index is 11.7. The molecule has 1 amide bonds. The van der Waals surface area contributed by atoms with Crippen LogP contribution in [0, 0.1) is 0 Å². The number of phenols is 1. The monoisotopic (exact) mass is 263 g/mol. The maximum Gasteiger partial charge on any atom is 0.229 e. The van der Waals surface area contributed by atoms with Gasteiger partial charge in [0.2, 0.25) is 5.91 Å². The van der Waals surface area contributed by atoms with Gasteiger partial charge in [0.1, 0.15) is 23.0 Å². The minimum absolute atomic E-state index is 0.130. The lowest BCUT2D eigenvalue weighted by Gasteiger charge is -2.04. The molecule has 0 fully saturated rings. The summed E-state index contributed by atoms with van der Waals surface area (Å²) in [7, 11) is 0. The average Bonchev–Trinajstić information content (AvgIpc) is 2.28. The van der Waals surface area contributed by atoms with Crippen molar-refractivity contribution < 1.29 is 9.90 Å². The molecule has 18 heavy (non-hydrogen) atoms. The number of anilines is 1. The van der Waals surface area contributed by atoms with Crippen LogP contribution in [0.5, 0.6) is 5.75 Å². The zero-order valence-electron chi connectivity index (χ0n) is 9.30. The van der Waals surface area contributed by atoms with E-state index >= 15 is 0 Å². The molecule has 0 spiro atoms. The lowest BCUT2D eigenvalue weighted by atomic mass is 10.1. The average molecular weight is 264 g/mol. The van der Waals surface area contributed by atoms with E-state index in [-0.39, 0.29) is 23.2 Å². The van der Waals surface area contributed by atoms with Gasteiger partial charge in [0, 0.05) is 6.07 Å². The van der Waals surface area contributed by atoms with E-state index in [4.69, 9.17) is 11.6 Å². The van der Waals surface area contributed by atoms with E-state index < -0.39 is 0 Å². The first kappa shape index (κ1) is 12.3. The number of benzene rings is 1. The molecular weight excluding hydrogens is 254 g/mol. The Labute approximate surface area is 108 Å². The molecule has 0 atom stereocenters. The molecule has 0 aliphatic rings. The quantitative estimate of drug-likeness (QED) is 0.831. The van der Waals surface area contributed by atoms with Gasteiger partial charge in [-0.2, -0.15) is 0 Å². The second kappa shape index (κ2) is 5.46. The van der Waals surface area contributed by atoms with Gasteiger partial charge in [-0.05, 0) is 17.7 Å². The Morgan fingerprint density at radius 3 is 2.89 bits per heavy atom. The largest absolute Gasteiger partial charge is 0.508 e. The molecule has 0 saturated heterocycles. The van der Waals surface area contributed by atoms with Crippen LogP contribution in [0.4, 0.5) is 5.82 Å². The van der Waals surface area contributed by atoms with E-state index in [0.717, 1.165) is 0 Å². The third kappa shape index (κ3) is 3.43. The number of hydrogen-bond donors (Lipinski definition) is 2. The first-order valence-corrected chi connectivity index (χ1v) is 5.56. The summed E-state index contributed by atoms with van der Waals surface area (Å²) < 4.78 is 0. The number of carbonyl (C=O) groups is 1. The number of aromatic nitrogens is 2. The van der Waals surface area contributed by atoms with Crippen LogP contribution in [0.3, 0.4) is 0 Å². The summed E-state index contributed by atoms with van der Waals surface area (Å²) in [6.45, 7) is 0. The summed E-state index contributed by atoms with van der Waals surface area (Å²) in [5.41, 5.74) is 0.715. The van der Waals surface area contributed by atoms with Gasteiger partial charge in [-0.3, -0.25) is 4.79 Å². The number of nitrogens with one attached hydrogen (secondary N) is 1. The summed E-state index contributed by atoms with van der Waals surface area (Å²) >= 11 is 5.67. The van der Waals surface area contributed by atoms with Crippen molar-refractivity contribution in [3.63, 3.8) is 0 Å². The number of halogens is 1. The van der Waals surface area contributed by atoms with Crippen LogP contribution in [0.2, 0.25) is 5.15 Å². The van der Waals surface area contributed by atoms with Gasteiger partial charge in [0.15, 0.2) is 0 Å². The third-order valence-corrected chi connectivity index (χ3v) is 2.38. The topological polar surface area (TPSA) is 75.1 Å². The number of carbonyl (C=O) groups excluding carboxylic acids is 1. The van der Waals surface area contributed by atoms with Crippen molar-refractivity contribution in [3.05, 3.63) is 47.4 Å². The van der Waals surface area contributed by atoms with E-state index in [9.17, 15) is 9.90 Å². The zero-order chi connectivity index (χ0) is 13.0. The number of nitrogens with zero attached hydrogens (tertiary/aromatic N) is 2. The fraction of sp³-hybridized carbons (Fsp3) is 0.0833. The number of phenolic OH excluding ortho intramolecular Hbond substituents is 1. The number of hydrogen-bond acceptors (Lipinski definition) is 4. The van der Waals surface area contributed by atoms with Crippen LogP contribution < -0.4 is 5.32 Å². The van der Waals surface area contributed by atoms with Gasteiger partial charge < -0.3 is 10.4 Å². The lowest BCUT2D eigenvalue weighted by Crippen LogP contribution is -2.15. The van der Waals surface area contributed by atoms with Gasteiger partial charge in [-0.15, -0.1) is 0 Å². The molecule has 0 radical (unpaired) electrons. The van der Waals surface area contributed by atoms with Crippen molar-refractivity contribution >= 4 is 23.3 Å². The molecule has 0 bridgehead atoms. The standard InChI is InChI=1S/C12H10ClN3O2/c13-10-6-11(15-7-14-10)16-12(18)5-8-2-1-3-9(17)4-8/h1-4,6-7,17H,5H2,(H,14,15,16,18). The predicted octanol–water partition coefficient (Wildman–Crippen LogP) is 2.02. The highest BCUT2D eigenvalue weighted by Crippen LogP contribution is 2.13. The molecule has 2 N–H and O–H groups in total. The molecule has 0 aliphatic carbocycles. The van der Waals surface area contributed by atoms with Gasteiger partial charge in [-0.25, -0.2) is 9.97 Å². The highest BCUT2D eigenvalue weighted by molar-refractivity contribution is 6.29. The zero-order valence-corrected chi connectivity index (χ0v) is 10.1. The SMILES string of the molecule is O=C(Cc1cccc(O)c1)Nc1cc(Cl)ncn1. The van der Waals surface area contributed by atoms with E-state index in [1.807, 2.05) is 0 Å². The number of amides is 1. The first-order valence-electron chi connectivity index (χ1n) is 5.19. The molecular formula is C12H10ClN3O2. The van der Waals surface area contributed by atoms with Crippen molar-refractivity contribution in [3.8, 4) is 5.75 Å². The smallest absolute Gasteiger partial charge is 0.229 e. The molecule has 2 aromatic rings. The maximum atomic E-state index is 11.7. The Kier molecular flexibility index (Phi) is 3.74. The molecule has 1 aromatic heterocycles. The Bertz CT molecular complexity index is 525. The van der Waals surface area contributed by atoms with E-state index in [0.29, 0.717) is 11.4 Å². The molecule has 2 rings (SSSR count). The molecule has 1 aromatic carbocycles. The Morgan fingerprint density at radius 2 is 2.17 bits per heavy atom. The number of aromatic hydroxyl groups is 1. The number of rotatable bonds is 3. The first-order chi connectivity index (χ1) is 8.63. The molecule has 0 saturated carbocycles. The summed E-state index contributed by atoms with van der Waals surface area (Å²) in [4.78, 5) is 19.3. The van der Waals surface area contributed by atoms with E-state index in [2.05, 4.69) is 15.3 Å².